The lowest BCUT2D eigenvalue weighted by Gasteiger charge is -2.08. The zero-order valence-corrected chi connectivity index (χ0v) is 19.5. The highest BCUT2D eigenvalue weighted by atomic mass is 32.2. The van der Waals surface area contributed by atoms with Crippen molar-refractivity contribution in [2.24, 2.45) is 0 Å². The van der Waals surface area contributed by atoms with Gasteiger partial charge in [-0.1, -0.05) is 61.9 Å². The molecule has 1 amide bonds. The molecule has 3 rings (SSSR count). The molecule has 0 atom stereocenters. The molecule has 0 aliphatic carbocycles. The molecule has 0 unspecified atom stereocenters. The summed E-state index contributed by atoms with van der Waals surface area (Å²) in [6.07, 6.45) is 4.27. The maximum atomic E-state index is 12.7. The van der Waals surface area contributed by atoms with Gasteiger partial charge in [-0.2, -0.15) is 0 Å². The van der Waals surface area contributed by atoms with Crippen molar-refractivity contribution in [3.63, 3.8) is 0 Å². The zero-order chi connectivity index (χ0) is 22.8. The highest BCUT2D eigenvalue weighted by Gasteiger charge is 2.14. The lowest BCUT2D eigenvalue weighted by Crippen LogP contribution is -2.11. The van der Waals surface area contributed by atoms with Gasteiger partial charge in [0.05, 0.1) is 5.75 Å². The standard InChI is InChI=1S/C25H30N4O2S/c1-3-5-7-12-24(31)26-21-15-13-20(14-16-21)22(30)18-32-25-28-27-23(29(25)4-2)17-19-10-8-6-9-11-19/h6,8-11,13-16H,3-5,7,12,17-18H2,1-2H3,(H,26,31). The molecular formula is C25H30N4O2S. The van der Waals surface area contributed by atoms with Crippen molar-refractivity contribution in [3.8, 4) is 0 Å². The maximum absolute atomic E-state index is 12.7. The number of nitrogens with zero attached hydrogens (tertiary/aromatic N) is 3. The summed E-state index contributed by atoms with van der Waals surface area (Å²) < 4.78 is 2.06. The fraction of sp³-hybridized carbons (Fsp3) is 0.360. The zero-order valence-electron chi connectivity index (χ0n) is 18.7. The van der Waals surface area contributed by atoms with Crippen molar-refractivity contribution < 1.29 is 9.59 Å². The quantitative estimate of drug-likeness (QED) is 0.228. The molecule has 0 aliphatic heterocycles. The minimum Gasteiger partial charge on any atom is -0.326 e. The molecule has 0 saturated carbocycles. The predicted octanol–water partition coefficient (Wildman–Crippen LogP) is 5.38. The number of carbonyl (C=O) groups is 2. The van der Waals surface area contributed by atoms with E-state index in [9.17, 15) is 9.59 Å². The van der Waals surface area contributed by atoms with Gasteiger partial charge in [-0.25, -0.2) is 0 Å². The highest BCUT2D eigenvalue weighted by molar-refractivity contribution is 7.99. The van der Waals surface area contributed by atoms with Crippen LogP contribution in [0, 0.1) is 0 Å². The first-order valence-electron chi connectivity index (χ1n) is 11.1. The normalized spacial score (nSPS) is 10.8. The molecule has 1 N–H and O–H groups in total. The Morgan fingerprint density at radius 1 is 0.969 bits per heavy atom. The second kappa shape index (κ2) is 12.2. The summed E-state index contributed by atoms with van der Waals surface area (Å²) in [6, 6.07) is 17.2. The number of hydrogen-bond acceptors (Lipinski definition) is 5. The van der Waals surface area contributed by atoms with E-state index in [4.69, 9.17) is 0 Å². The van der Waals surface area contributed by atoms with Crippen LogP contribution in [0.2, 0.25) is 0 Å². The molecule has 0 bridgehead atoms. The Balaban J connectivity index is 1.54. The smallest absolute Gasteiger partial charge is 0.224 e. The van der Waals surface area contributed by atoms with Crippen LogP contribution in [0.25, 0.3) is 0 Å². The summed E-state index contributed by atoms with van der Waals surface area (Å²) in [6.45, 7) is 4.92. The SMILES string of the molecule is CCCCCC(=O)Nc1ccc(C(=O)CSc2nnc(Cc3ccccc3)n2CC)cc1. The van der Waals surface area contributed by atoms with Crippen LogP contribution in [-0.2, 0) is 17.8 Å². The van der Waals surface area contributed by atoms with Crippen LogP contribution in [0.5, 0.6) is 0 Å². The Morgan fingerprint density at radius 3 is 2.41 bits per heavy atom. The van der Waals surface area contributed by atoms with Gasteiger partial charge < -0.3 is 9.88 Å². The van der Waals surface area contributed by atoms with Crippen LogP contribution in [0.1, 0.15) is 61.3 Å². The molecule has 168 valence electrons. The van der Waals surface area contributed by atoms with Crippen molar-refractivity contribution >= 4 is 29.1 Å². The molecular weight excluding hydrogens is 420 g/mol. The van der Waals surface area contributed by atoms with Gasteiger partial charge in [0.2, 0.25) is 5.91 Å². The third-order valence-electron chi connectivity index (χ3n) is 5.15. The number of benzene rings is 2. The van der Waals surface area contributed by atoms with E-state index in [-0.39, 0.29) is 17.4 Å². The lowest BCUT2D eigenvalue weighted by molar-refractivity contribution is -0.116. The second-order valence-corrected chi connectivity index (χ2v) is 8.54. The number of amides is 1. The topological polar surface area (TPSA) is 76.9 Å². The van der Waals surface area contributed by atoms with E-state index >= 15 is 0 Å². The number of thioether (sulfide) groups is 1. The van der Waals surface area contributed by atoms with Gasteiger partial charge in [0.1, 0.15) is 5.82 Å². The lowest BCUT2D eigenvalue weighted by atomic mass is 10.1. The molecule has 6 nitrogen and oxygen atoms in total. The number of aromatic nitrogens is 3. The van der Waals surface area contributed by atoms with Crippen molar-refractivity contribution in [2.45, 2.75) is 57.7 Å². The molecule has 2 aromatic carbocycles. The van der Waals surface area contributed by atoms with Crippen LogP contribution in [0.3, 0.4) is 0 Å². The Bertz CT molecular complexity index is 1020. The van der Waals surface area contributed by atoms with Crippen molar-refractivity contribution in [1.82, 2.24) is 14.8 Å². The van der Waals surface area contributed by atoms with Crippen molar-refractivity contribution in [1.29, 1.82) is 0 Å². The van der Waals surface area contributed by atoms with E-state index in [0.717, 1.165) is 36.8 Å². The Kier molecular flexibility index (Phi) is 9.04. The van der Waals surface area contributed by atoms with Crippen LogP contribution < -0.4 is 5.32 Å². The average molecular weight is 451 g/mol. The first-order valence-corrected chi connectivity index (χ1v) is 12.1. The highest BCUT2D eigenvalue weighted by Crippen LogP contribution is 2.21. The van der Waals surface area contributed by atoms with Gasteiger partial charge in [-0.15, -0.1) is 10.2 Å². The third kappa shape index (κ3) is 6.79. The van der Waals surface area contributed by atoms with Crippen LogP contribution in [-0.4, -0.2) is 32.2 Å². The molecule has 0 aliphatic rings. The Morgan fingerprint density at radius 2 is 1.72 bits per heavy atom. The molecule has 7 heteroatoms. The van der Waals surface area contributed by atoms with Crippen LogP contribution >= 0.6 is 11.8 Å². The van der Waals surface area contributed by atoms with Crippen molar-refractivity contribution in [3.05, 3.63) is 71.5 Å². The summed E-state index contributed by atoms with van der Waals surface area (Å²) in [4.78, 5) is 24.6. The summed E-state index contributed by atoms with van der Waals surface area (Å²) in [7, 11) is 0. The summed E-state index contributed by atoms with van der Waals surface area (Å²) >= 11 is 1.40. The van der Waals surface area contributed by atoms with E-state index in [1.807, 2.05) is 18.2 Å². The van der Waals surface area contributed by atoms with Gasteiger partial charge in [-0.3, -0.25) is 9.59 Å². The van der Waals surface area contributed by atoms with E-state index < -0.39 is 0 Å². The minimum atomic E-state index is 0.0123. The average Bonchev–Trinajstić information content (AvgIpc) is 3.20. The van der Waals surface area contributed by atoms with Gasteiger partial charge in [-0.05, 0) is 43.2 Å². The van der Waals surface area contributed by atoms with Crippen LogP contribution in [0.15, 0.2) is 59.8 Å². The number of unbranched alkanes of at least 4 members (excludes halogenated alkanes) is 2. The molecule has 1 heterocycles. The largest absolute Gasteiger partial charge is 0.326 e. The minimum absolute atomic E-state index is 0.0123. The van der Waals surface area contributed by atoms with E-state index in [1.165, 1.54) is 17.3 Å². The molecule has 3 aromatic rings. The summed E-state index contributed by atoms with van der Waals surface area (Å²) in [5, 5.41) is 12.3. The molecule has 1 aromatic heterocycles. The number of rotatable bonds is 12. The number of anilines is 1. The second-order valence-electron chi connectivity index (χ2n) is 7.60. The number of ketones is 1. The third-order valence-corrected chi connectivity index (χ3v) is 6.11. The van der Waals surface area contributed by atoms with Crippen molar-refractivity contribution in [2.75, 3.05) is 11.1 Å². The number of hydrogen-bond donors (Lipinski definition) is 1. The molecule has 0 saturated heterocycles. The fourth-order valence-electron chi connectivity index (χ4n) is 3.36. The predicted molar refractivity (Wildman–Crippen MR) is 129 cm³/mol. The monoisotopic (exact) mass is 450 g/mol. The van der Waals surface area contributed by atoms with E-state index in [2.05, 4.69) is 46.1 Å². The van der Waals surface area contributed by atoms with Gasteiger partial charge >= 0.3 is 0 Å². The number of carbonyl (C=O) groups excluding carboxylic acids is 2. The first kappa shape index (κ1) is 23.7. The Labute approximate surface area is 193 Å². The number of nitrogens with one attached hydrogen (secondary N) is 1. The van der Waals surface area contributed by atoms with Gasteiger partial charge in [0.15, 0.2) is 10.9 Å². The first-order chi connectivity index (χ1) is 15.6. The summed E-state index contributed by atoms with van der Waals surface area (Å²) in [5.74, 6) is 1.21. The summed E-state index contributed by atoms with van der Waals surface area (Å²) in [5.41, 5.74) is 2.51. The molecule has 0 radical (unpaired) electrons. The number of Topliss-reactive ketones (excluding diaryl/α,β-unsaturated/α-hetero) is 1. The molecule has 0 fully saturated rings. The Hall–Kier alpha value is -2.93. The fourth-order valence-corrected chi connectivity index (χ4v) is 4.28. The van der Waals surface area contributed by atoms with Gasteiger partial charge in [0, 0.05) is 30.6 Å². The van der Waals surface area contributed by atoms with E-state index in [1.54, 1.807) is 24.3 Å². The van der Waals surface area contributed by atoms with Gasteiger partial charge in [0.25, 0.3) is 0 Å². The maximum Gasteiger partial charge on any atom is 0.224 e. The van der Waals surface area contributed by atoms with E-state index in [0.29, 0.717) is 24.1 Å². The van der Waals surface area contributed by atoms with Crippen LogP contribution in [0.4, 0.5) is 5.69 Å². The molecule has 0 spiro atoms. The molecule has 32 heavy (non-hydrogen) atoms.